The van der Waals surface area contributed by atoms with Crippen LogP contribution in [0.1, 0.15) is 30.7 Å². The van der Waals surface area contributed by atoms with Crippen molar-refractivity contribution in [2.24, 2.45) is 0 Å². The summed E-state index contributed by atoms with van der Waals surface area (Å²) < 4.78 is 7.32. The van der Waals surface area contributed by atoms with Crippen LogP contribution in [-0.4, -0.2) is 37.1 Å². The SMILES string of the molecule is CCc1cccc(N2CC(c3nc(-c4ccc(-n5ccnc5)nc4)no3)CC2=O)c1. The number of aryl methyl sites for hydroxylation is 1. The maximum Gasteiger partial charge on any atom is 0.232 e. The number of rotatable bonds is 5. The lowest BCUT2D eigenvalue weighted by Gasteiger charge is -2.16. The summed E-state index contributed by atoms with van der Waals surface area (Å²) in [6.45, 7) is 2.63. The molecule has 0 N–H and O–H groups in total. The molecule has 1 aliphatic rings. The summed E-state index contributed by atoms with van der Waals surface area (Å²) in [7, 11) is 0. The minimum Gasteiger partial charge on any atom is -0.339 e. The molecule has 30 heavy (non-hydrogen) atoms. The van der Waals surface area contributed by atoms with E-state index in [1.54, 1.807) is 23.6 Å². The van der Waals surface area contributed by atoms with Gasteiger partial charge in [-0.25, -0.2) is 9.97 Å². The van der Waals surface area contributed by atoms with E-state index in [1.165, 1.54) is 5.56 Å². The molecule has 150 valence electrons. The van der Waals surface area contributed by atoms with Gasteiger partial charge in [0, 0.05) is 42.8 Å². The van der Waals surface area contributed by atoms with Gasteiger partial charge < -0.3 is 9.42 Å². The van der Waals surface area contributed by atoms with E-state index in [9.17, 15) is 4.79 Å². The van der Waals surface area contributed by atoms with E-state index in [4.69, 9.17) is 4.52 Å². The van der Waals surface area contributed by atoms with E-state index in [0.29, 0.717) is 24.7 Å². The van der Waals surface area contributed by atoms with E-state index in [-0.39, 0.29) is 11.8 Å². The summed E-state index contributed by atoms with van der Waals surface area (Å²) in [5, 5.41) is 4.10. The van der Waals surface area contributed by atoms with Crippen molar-refractivity contribution in [3.63, 3.8) is 0 Å². The molecule has 5 rings (SSSR count). The molecule has 4 heterocycles. The first-order valence-electron chi connectivity index (χ1n) is 9.89. The Bertz CT molecular complexity index is 1170. The molecule has 4 aromatic rings. The number of nitrogens with zero attached hydrogens (tertiary/aromatic N) is 6. The van der Waals surface area contributed by atoms with Crippen LogP contribution in [0.3, 0.4) is 0 Å². The Morgan fingerprint density at radius 1 is 1.23 bits per heavy atom. The van der Waals surface area contributed by atoms with Crippen LogP contribution < -0.4 is 4.90 Å². The van der Waals surface area contributed by atoms with Gasteiger partial charge in [0.25, 0.3) is 0 Å². The molecule has 8 heteroatoms. The summed E-state index contributed by atoms with van der Waals surface area (Å²) in [6.07, 6.45) is 8.20. The van der Waals surface area contributed by atoms with Crippen LogP contribution in [0.15, 0.2) is 65.8 Å². The van der Waals surface area contributed by atoms with Crippen LogP contribution >= 0.6 is 0 Å². The van der Waals surface area contributed by atoms with Crippen molar-refractivity contribution in [2.45, 2.75) is 25.7 Å². The number of anilines is 1. The molecule has 0 radical (unpaired) electrons. The number of pyridine rings is 1. The molecule has 0 spiro atoms. The molecular weight excluding hydrogens is 380 g/mol. The fourth-order valence-electron chi connectivity index (χ4n) is 3.65. The average molecular weight is 400 g/mol. The number of carbonyl (C=O) groups is 1. The zero-order chi connectivity index (χ0) is 20.5. The van der Waals surface area contributed by atoms with E-state index < -0.39 is 0 Å². The molecule has 1 atom stereocenters. The summed E-state index contributed by atoms with van der Waals surface area (Å²) in [5.41, 5.74) is 2.88. The van der Waals surface area contributed by atoms with Gasteiger partial charge in [-0.05, 0) is 36.2 Å². The fourth-order valence-corrected chi connectivity index (χ4v) is 3.65. The minimum absolute atomic E-state index is 0.0688. The second kappa shape index (κ2) is 7.55. The first-order valence-corrected chi connectivity index (χ1v) is 9.89. The fraction of sp³-hybridized carbons (Fsp3) is 0.227. The topological polar surface area (TPSA) is 89.9 Å². The molecule has 1 unspecified atom stereocenters. The van der Waals surface area contributed by atoms with Crippen molar-refractivity contribution in [3.8, 4) is 17.2 Å². The highest BCUT2D eigenvalue weighted by Gasteiger charge is 2.35. The van der Waals surface area contributed by atoms with E-state index in [2.05, 4.69) is 39.2 Å². The van der Waals surface area contributed by atoms with Gasteiger partial charge in [-0.2, -0.15) is 4.98 Å². The molecule has 1 aromatic carbocycles. The number of amides is 1. The molecule has 0 saturated carbocycles. The van der Waals surface area contributed by atoms with Gasteiger partial charge in [0.05, 0.1) is 5.92 Å². The highest BCUT2D eigenvalue weighted by Crippen LogP contribution is 2.32. The summed E-state index contributed by atoms with van der Waals surface area (Å²) in [5.74, 6) is 1.65. The first kappa shape index (κ1) is 18.2. The summed E-state index contributed by atoms with van der Waals surface area (Å²) in [4.78, 5) is 27.4. The molecule has 3 aromatic heterocycles. The maximum atomic E-state index is 12.6. The highest BCUT2D eigenvalue weighted by atomic mass is 16.5. The van der Waals surface area contributed by atoms with Crippen molar-refractivity contribution in [2.75, 3.05) is 11.4 Å². The largest absolute Gasteiger partial charge is 0.339 e. The monoisotopic (exact) mass is 400 g/mol. The average Bonchev–Trinajstić information content (AvgIpc) is 3.54. The second-order valence-corrected chi connectivity index (χ2v) is 7.26. The van der Waals surface area contributed by atoms with Crippen molar-refractivity contribution >= 4 is 11.6 Å². The Kier molecular flexibility index (Phi) is 4.59. The molecule has 1 saturated heterocycles. The molecular formula is C22H20N6O2. The van der Waals surface area contributed by atoms with Crippen LogP contribution in [0.4, 0.5) is 5.69 Å². The molecule has 1 fully saturated rings. The normalized spacial score (nSPS) is 16.4. The van der Waals surface area contributed by atoms with Gasteiger partial charge in [-0.1, -0.05) is 24.2 Å². The van der Waals surface area contributed by atoms with Crippen LogP contribution in [-0.2, 0) is 11.2 Å². The van der Waals surface area contributed by atoms with Gasteiger partial charge in [-0.15, -0.1) is 0 Å². The number of benzene rings is 1. The Balaban J connectivity index is 1.33. The predicted octanol–water partition coefficient (Wildman–Crippen LogP) is 3.40. The predicted molar refractivity (Wildman–Crippen MR) is 110 cm³/mol. The van der Waals surface area contributed by atoms with Crippen molar-refractivity contribution in [1.29, 1.82) is 0 Å². The number of hydrogen-bond acceptors (Lipinski definition) is 6. The zero-order valence-electron chi connectivity index (χ0n) is 16.5. The quantitative estimate of drug-likeness (QED) is 0.510. The lowest BCUT2D eigenvalue weighted by atomic mass is 10.1. The lowest BCUT2D eigenvalue weighted by molar-refractivity contribution is -0.117. The van der Waals surface area contributed by atoms with Crippen LogP contribution in [0.5, 0.6) is 0 Å². The third kappa shape index (κ3) is 3.36. The molecule has 1 amide bonds. The van der Waals surface area contributed by atoms with Crippen LogP contribution in [0.25, 0.3) is 17.2 Å². The zero-order valence-corrected chi connectivity index (χ0v) is 16.5. The van der Waals surface area contributed by atoms with Crippen LogP contribution in [0, 0.1) is 0 Å². The van der Waals surface area contributed by atoms with Gasteiger partial charge in [-0.3, -0.25) is 9.36 Å². The van der Waals surface area contributed by atoms with E-state index in [1.807, 2.05) is 35.0 Å². The Morgan fingerprint density at radius 2 is 2.17 bits per heavy atom. The third-order valence-corrected chi connectivity index (χ3v) is 5.32. The van der Waals surface area contributed by atoms with Crippen LogP contribution in [0.2, 0.25) is 0 Å². The molecule has 8 nitrogen and oxygen atoms in total. The standard InChI is InChI=1S/C22H20N6O2/c1-2-15-4-3-5-18(10-15)28-13-17(11-20(28)29)22-25-21(26-30-22)16-6-7-19(24-12-16)27-9-8-23-14-27/h3-10,12,14,17H,2,11,13H2,1H3. The number of hydrogen-bond donors (Lipinski definition) is 0. The smallest absolute Gasteiger partial charge is 0.232 e. The Hall–Kier alpha value is -3.81. The highest BCUT2D eigenvalue weighted by molar-refractivity contribution is 5.96. The summed E-state index contributed by atoms with van der Waals surface area (Å²) >= 11 is 0. The van der Waals surface area contributed by atoms with Crippen molar-refractivity contribution in [1.82, 2.24) is 24.7 Å². The van der Waals surface area contributed by atoms with Crippen molar-refractivity contribution in [3.05, 3.63) is 72.8 Å². The van der Waals surface area contributed by atoms with Gasteiger partial charge >= 0.3 is 0 Å². The first-order chi connectivity index (χ1) is 14.7. The summed E-state index contributed by atoms with van der Waals surface area (Å²) in [6, 6.07) is 11.8. The van der Waals surface area contributed by atoms with Gasteiger partial charge in [0.1, 0.15) is 12.1 Å². The lowest BCUT2D eigenvalue weighted by Crippen LogP contribution is -2.24. The number of carbonyl (C=O) groups excluding carboxylic acids is 1. The minimum atomic E-state index is -0.123. The Morgan fingerprint density at radius 3 is 2.93 bits per heavy atom. The second-order valence-electron chi connectivity index (χ2n) is 7.26. The molecule has 0 aliphatic carbocycles. The van der Waals surface area contributed by atoms with Gasteiger partial charge in [0.2, 0.25) is 17.6 Å². The van der Waals surface area contributed by atoms with Crippen molar-refractivity contribution < 1.29 is 9.32 Å². The van der Waals surface area contributed by atoms with E-state index in [0.717, 1.165) is 23.5 Å². The maximum absolute atomic E-state index is 12.6. The molecule has 0 bridgehead atoms. The number of aromatic nitrogens is 5. The third-order valence-electron chi connectivity index (χ3n) is 5.32. The Labute approximate surface area is 173 Å². The van der Waals surface area contributed by atoms with Gasteiger partial charge in [0.15, 0.2) is 0 Å². The van der Waals surface area contributed by atoms with E-state index >= 15 is 0 Å². The molecule has 1 aliphatic heterocycles. The number of imidazole rings is 1.